The number of nitrogens with one attached hydrogen (secondary N) is 2. The van der Waals surface area contributed by atoms with E-state index in [1.165, 1.54) is 4.57 Å². The first-order valence-electron chi connectivity index (χ1n) is 7.45. The van der Waals surface area contributed by atoms with Crippen LogP contribution in [0.1, 0.15) is 39.5 Å². The molecule has 1 heterocycles. The van der Waals surface area contributed by atoms with Crippen LogP contribution in [-0.4, -0.2) is 26.8 Å². The lowest BCUT2D eigenvalue weighted by atomic mass is 9.79. The summed E-state index contributed by atoms with van der Waals surface area (Å²) in [5.41, 5.74) is 4.15. The summed E-state index contributed by atoms with van der Waals surface area (Å²) >= 11 is 0. The first kappa shape index (κ1) is 15.6. The number of aromatic amines is 1. The molecule has 0 unspecified atom stereocenters. The summed E-state index contributed by atoms with van der Waals surface area (Å²) in [6, 6.07) is 0. The summed E-state index contributed by atoms with van der Waals surface area (Å²) in [6.07, 6.45) is 3.34. The van der Waals surface area contributed by atoms with Crippen molar-refractivity contribution in [1.29, 1.82) is 0 Å². The number of nitrogens with zero attached hydrogens (tertiary/aromatic N) is 1. The van der Waals surface area contributed by atoms with Crippen molar-refractivity contribution in [2.24, 2.45) is 5.92 Å². The first-order chi connectivity index (χ1) is 9.86. The molecule has 7 heteroatoms. The van der Waals surface area contributed by atoms with E-state index in [1.807, 2.05) is 0 Å². The Morgan fingerprint density at radius 1 is 1.43 bits per heavy atom. The zero-order valence-corrected chi connectivity index (χ0v) is 12.6. The number of aliphatic hydroxyl groups is 1. The summed E-state index contributed by atoms with van der Waals surface area (Å²) in [5, 5.41) is 13.5. The van der Waals surface area contributed by atoms with Crippen LogP contribution in [0.25, 0.3) is 0 Å². The number of H-pyrrole nitrogens is 1. The molecule has 7 nitrogen and oxygen atoms in total. The molecule has 1 aromatic rings. The van der Waals surface area contributed by atoms with E-state index in [4.69, 9.17) is 5.73 Å². The molecule has 0 saturated heterocycles. The predicted molar refractivity (Wildman–Crippen MR) is 82.5 cm³/mol. The number of anilines is 2. The number of rotatable bonds is 4. The average Bonchev–Trinajstić information content (AvgIpc) is 2.42. The highest BCUT2D eigenvalue weighted by Crippen LogP contribution is 2.32. The Bertz CT molecular complexity index is 612. The highest BCUT2D eigenvalue weighted by Gasteiger charge is 2.32. The topological polar surface area (TPSA) is 113 Å². The van der Waals surface area contributed by atoms with Gasteiger partial charge >= 0.3 is 5.69 Å². The third-order valence-electron chi connectivity index (χ3n) is 4.36. The summed E-state index contributed by atoms with van der Waals surface area (Å²) in [4.78, 5) is 25.7. The second-order valence-electron chi connectivity index (χ2n) is 6.02. The summed E-state index contributed by atoms with van der Waals surface area (Å²) < 4.78 is 1.29. The molecular formula is C14H24N4O3. The van der Waals surface area contributed by atoms with E-state index in [-0.39, 0.29) is 18.1 Å². The van der Waals surface area contributed by atoms with Crippen LogP contribution in [0.5, 0.6) is 0 Å². The molecule has 0 aromatic carbocycles. The number of hydrogen-bond acceptors (Lipinski definition) is 5. The molecular weight excluding hydrogens is 272 g/mol. The van der Waals surface area contributed by atoms with E-state index in [9.17, 15) is 14.7 Å². The van der Waals surface area contributed by atoms with Crippen LogP contribution >= 0.6 is 0 Å². The summed E-state index contributed by atoms with van der Waals surface area (Å²) in [6.45, 7) is 4.58. The second-order valence-corrected chi connectivity index (χ2v) is 6.02. The van der Waals surface area contributed by atoms with Gasteiger partial charge in [-0.15, -0.1) is 0 Å². The first-order valence-corrected chi connectivity index (χ1v) is 7.45. The Balaban J connectivity index is 2.17. The van der Waals surface area contributed by atoms with Crippen molar-refractivity contribution in [3.8, 4) is 0 Å². The lowest BCUT2D eigenvalue weighted by Crippen LogP contribution is -2.42. The molecule has 0 bridgehead atoms. The number of aromatic nitrogens is 2. The minimum absolute atomic E-state index is 0.110. The molecule has 0 spiro atoms. The van der Waals surface area contributed by atoms with Crippen LogP contribution in [0.4, 0.5) is 11.5 Å². The number of nitrogen functional groups attached to an aromatic ring is 1. The average molecular weight is 296 g/mol. The van der Waals surface area contributed by atoms with Crippen molar-refractivity contribution in [1.82, 2.24) is 9.55 Å². The number of nitrogens with two attached hydrogens (primary N) is 1. The monoisotopic (exact) mass is 296 g/mol. The lowest BCUT2D eigenvalue weighted by Gasteiger charge is -2.35. The Morgan fingerprint density at radius 2 is 2.05 bits per heavy atom. The van der Waals surface area contributed by atoms with E-state index in [1.54, 1.807) is 6.92 Å². The molecule has 1 aliphatic rings. The molecule has 0 aliphatic heterocycles. The highest BCUT2D eigenvalue weighted by atomic mass is 16.3. The molecule has 1 aromatic heterocycles. The largest absolute Gasteiger partial charge is 0.388 e. The van der Waals surface area contributed by atoms with Crippen LogP contribution in [-0.2, 0) is 6.54 Å². The molecule has 21 heavy (non-hydrogen) atoms. The Labute approximate surface area is 123 Å². The highest BCUT2D eigenvalue weighted by molar-refractivity contribution is 5.60. The molecule has 0 amide bonds. The zero-order valence-electron chi connectivity index (χ0n) is 12.6. The van der Waals surface area contributed by atoms with E-state index < -0.39 is 16.9 Å². The van der Waals surface area contributed by atoms with Crippen LogP contribution in [0.2, 0.25) is 0 Å². The van der Waals surface area contributed by atoms with E-state index >= 15 is 0 Å². The molecule has 0 atom stereocenters. The third kappa shape index (κ3) is 3.29. The Hall–Kier alpha value is -1.76. The van der Waals surface area contributed by atoms with Gasteiger partial charge in [0.15, 0.2) is 0 Å². The fourth-order valence-electron chi connectivity index (χ4n) is 2.80. The van der Waals surface area contributed by atoms with Gasteiger partial charge in [0.2, 0.25) is 0 Å². The standard InChI is InChI=1S/C14H24N4O3/c1-3-18-11(15)10(12(19)17-13(18)20)16-8-14(21)6-4-9(2)5-7-14/h9,16,21H,3-8,15H2,1-2H3,(H,17,19,20). The fourth-order valence-corrected chi connectivity index (χ4v) is 2.80. The van der Waals surface area contributed by atoms with Crippen LogP contribution in [0.3, 0.4) is 0 Å². The minimum atomic E-state index is -0.821. The van der Waals surface area contributed by atoms with Crippen molar-refractivity contribution < 1.29 is 5.11 Å². The van der Waals surface area contributed by atoms with Crippen molar-refractivity contribution in [3.05, 3.63) is 20.8 Å². The second kappa shape index (κ2) is 5.93. The van der Waals surface area contributed by atoms with Crippen molar-refractivity contribution in [2.45, 2.75) is 51.7 Å². The van der Waals surface area contributed by atoms with E-state index in [0.29, 0.717) is 25.3 Å². The van der Waals surface area contributed by atoms with E-state index in [0.717, 1.165) is 12.8 Å². The van der Waals surface area contributed by atoms with Gasteiger partial charge in [-0.3, -0.25) is 14.3 Å². The quantitative estimate of drug-likeness (QED) is 0.646. The van der Waals surface area contributed by atoms with Crippen LogP contribution in [0, 0.1) is 5.92 Å². The molecule has 1 aliphatic carbocycles. The maximum atomic E-state index is 11.9. The van der Waals surface area contributed by atoms with Gasteiger partial charge in [0.25, 0.3) is 5.56 Å². The van der Waals surface area contributed by atoms with Gasteiger partial charge in [-0.05, 0) is 38.5 Å². The molecule has 0 radical (unpaired) electrons. The van der Waals surface area contributed by atoms with Gasteiger partial charge < -0.3 is 16.2 Å². The van der Waals surface area contributed by atoms with Gasteiger partial charge in [0, 0.05) is 13.1 Å². The minimum Gasteiger partial charge on any atom is -0.388 e. The maximum Gasteiger partial charge on any atom is 0.330 e. The SMILES string of the molecule is CCn1c(N)c(NCC2(O)CCC(C)CC2)c(=O)[nH]c1=O. The summed E-state index contributed by atoms with van der Waals surface area (Å²) in [7, 11) is 0. The van der Waals surface area contributed by atoms with Crippen LogP contribution < -0.4 is 22.3 Å². The van der Waals surface area contributed by atoms with Gasteiger partial charge in [-0.1, -0.05) is 6.92 Å². The van der Waals surface area contributed by atoms with E-state index in [2.05, 4.69) is 17.2 Å². The molecule has 118 valence electrons. The Kier molecular flexibility index (Phi) is 4.41. The fraction of sp³-hybridized carbons (Fsp3) is 0.714. The zero-order chi connectivity index (χ0) is 15.6. The smallest absolute Gasteiger partial charge is 0.330 e. The van der Waals surface area contributed by atoms with Gasteiger partial charge in [-0.25, -0.2) is 4.79 Å². The molecule has 2 rings (SSSR count). The van der Waals surface area contributed by atoms with Crippen molar-refractivity contribution >= 4 is 11.5 Å². The predicted octanol–water partition coefficient (Wildman–Crippen LogP) is 0.492. The van der Waals surface area contributed by atoms with Crippen molar-refractivity contribution in [3.63, 3.8) is 0 Å². The number of hydrogen-bond donors (Lipinski definition) is 4. The van der Waals surface area contributed by atoms with Gasteiger partial charge in [-0.2, -0.15) is 0 Å². The normalized spacial score (nSPS) is 25.8. The molecule has 1 fully saturated rings. The Morgan fingerprint density at radius 3 is 2.62 bits per heavy atom. The van der Waals surface area contributed by atoms with Gasteiger partial charge in [0.1, 0.15) is 11.5 Å². The van der Waals surface area contributed by atoms with Gasteiger partial charge in [0.05, 0.1) is 5.60 Å². The third-order valence-corrected chi connectivity index (χ3v) is 4.36. The summed E-state index contributed by atoms with van der Waals surface area (Å²) in [5.74, 6) is 0.736. The molecule has 5 N–H and O–H groups in total. The maximum absolute atomic E-state index is 11.9. The van der Waals surface area contributed by atoms with Crippen molar-refractivity contribution in [2.75, 3.05) is 17.6 Å². The molecule has 1 saturated carbocycles. The van der Waals surface area contributed by atoms with Crippen LogP contribution in [0.15, 0.2) is 9.59 Å². The lowest BCUT2D eigenvalue weighted by molar-refractivity contribution is 0.00500.